The normalized spacial score (nSPS) is 14.2. The summed E-state index contributed by atoms with van der Waals surface area (Å²) in [5.41, 5.74) is 0.442. The van der Waals surface area contributed by atoms with Crippen LogP contribution in [0.1, 0.15) is 32.1 Å². The maximum atomic E-state index is 13.1. The third-order valence-electron chi connectivity index (χ3n) is 6.27. The lowest BCUT2D eigenvalue weighted by molar-refractivity contribution is -0.150. The molecule has 190 valence electrons. The number of rotatable bonds is 9. The molecule has 3 aromatic rings. The summed E-state index contributed by atoms with van der Waals surface area (Å²) in [6.45, 7) is -0.698. The van der Waals surface area contributed by atoms with Crippen LogP contribution in [0.15, 0.2) is 71.6 Å². The number of hydrogen-bond acceptors (Lipinski definition) is 6. The van der Waals surface area contributed by atoms with Gasteiger partial charge in [0, 0.05) is 13.1 Å². The molecule has 0 heterocycles. The summed E-state index contributed by atoms with van der Waals surface area (Å²) < 4.78 is 37.9. The topological polar surface area (TPSA) is 102 Å². The molecule has 0 aromatic heterocycles. The Morgan fingerprint density at radius 2 is 1.61 bits per heavy atom. The molecule has 1 aliphatic rings. The second kappa shape index (κ2) is 11.4. The van der Waals surface area contributed by atoms with Gasteiger partial charge in [-0.15, -0.1) is 0 Å². The molecular weight excluding hydrogens is 480 g/mol. The number of hydrogen-bond donors (Lipinski definition) is 1. The Labute approximate surface area is 211 Å². The van der Waals surface area contributed by atoms with Crippen molar-refractivity contribution in [1.82, 2.24) is 5.32 Å². The second-order valence-electron chi connectivity index (χ2n) is 8.83. The Morgan fingerprint density at radius 1 is 0.917 bits per heavy atom. The van der Waals surface area contributed by atoms with Crippen molar-refractivity contribution in [2.75, 3.05) is 24.6 Å². The van der Waals surface area contributed by atoms with Crippen LogP contribution in [0.5, 0.6) is 5.75 Å². The summed E-state index contributed by atoms with van der Waals surface area (Å²) in [6.07, 6.45) is 5.30. The highest BCUT2D eigenvalue weighted by Gasteiger charge is 2.22. The van der Waals surface area contributed by atoms with Gasteiger partial charge in [0.25, 0.3) is 15.9 Å². The first-order chi connectivity index (χ1) is 17.3. The quantitative estimate of drug-likeness (QED) is 0.436. The van der Waals surface area contributed by atoms with E-state index in [0.717, 1.165) is 36.5 Å². The fourth-order valence-corrected chi connectivity index (χ4v) is 5.45. The van der Waals surface area contributed by atoms with Crippen molar-refractivity contribution in [2.45, 2.75) is 43.0 Å². The highest BCUT2D eigenvalue weighted by molar-refractivity contribution is 7.92. The van der Waals surface area contributed by atoms with Gasteiger partial charge in [0.05, 0.1) is 10.6 Å². The molecule has 0 aliphatic heterocycles. The molecule has 0 saturated heterocycles. The van der Waals surface area contributed by atoms with Crippen molar-refractivity contribution < 1.29 is 27.5 Å². The van der Waals surface area contributed by atoms with Gasteiger partial charge < -0.3 is 14.8 Å². The summed E-state index contributed by atoms with van der Waals surface area (Å²) in [5.74, 6) is -0.594. The van der Waals surface area contributed by atoms with Gasteiger partial charge in [0.1, 0.15) is 5.75 Å². The number of nitrogens with one attached hydrogen (secondary N) is 1. The van der Waals surface area contributed by atoms with Crippen molar-refractivity contribution in [3.05, 3.63) is 66.7 Å². The molecule has 1 N–H and O–H groups in total. The molecule has 0 bridgehead atoms. The van der Waals surface area contributed by atoms with Gasteiger partial charge in [0.2, 0.25) is 0 Å². The van der Waals surface area contributed by atoms with Crippen molar-refractivity contribution in [2.24, 2.45) is 0 Å². The van der Waals surface area contributed by atoms with Crippen molar-refractivity contribution in [1.29, 1.82) is 0 Å². The number of nitrogens with zero attached hydrogens (tertiary/aromatic N) is 1. The number of fused-ring (bicyclic) bond motifs is 1. The van der Waals surface area contributed by atoms with Crippen LogP contribution in [0.4, 0.5) is 5.69 Å². The van der Waals surface area contributed by atoms with Crippen LogP contribution in [0.25, 0.3) is 10.8 Å². The molecule has 0 atom stereocenters. The lowest BCUT2D eigenvalue weighted by atomic mass is 9.95. The van der Waals surface area contributed by atoms with Gasteiger partial charge in [-0.3, -0.25) is 9.10 Å². The minimum atomic E-state index is -3.77. The number of benzene rings is 3. The summed E-state index contributed by atoms with van der Waals surface area (Å²) in [4.78, 5) is 24.1. The Bertz CT molecular complexity index is 1320. The lowest BCUT2D eigenvalue weighted by Crippen LogP contribution is -2.39. The predicted octanol–water partition coefficient (Wildman–Crippen LogP) is 4.04. The molecule has 36 heavy (non-hydrogen) atoms. The van der Waals surface area contributed by atoms with E-state index >= 15 is 0 Å². The number of carbonyl (C=O) groups is 2. The van der Waals surface area contributed by atoms with Crippen LogP contribution in [0.3, 0.4) is 0 Å². The average molecular weight is 511 g/mol. The maximum absolute atomic E-state index is 13.1. The zero-order valence-corrected chi connectivity index (χ0v) is 21.0. The minimum Gasteiger partial charge on any atom is -0.482 e. The summed E-state index contributed by atoms with van der Waals surface area (Å²) in [5, 5.41) is 4.69. The molecule has 9 heteroatoms. The van der Waals surface area contributed by atoms with Gasteiger partial charge >= 0.3 is 5.97 Å². The number of esters is 1. The SMILES string of the molecule is CN(c1ccc(OCC(=O)OCC(=O)NC2CCCCC2)cc1)S(=O)(=O)c1ccc2ccccc2c1. The molecule has 1 saturated carbocycles. The van der Waals surface area contributed by atoms with Crippen molar-refractivity contribution in [3.8, 4) is 5.75 Å². The maximum Gasteiger partial charge on any atom is 0.344 e. The number of amides is 1. The first-order valence-electron chi connectivity index (χ1n) is 12.0. The zero-order chi connectivity index (χ0) is 25.5. The van der Waals surface area contributed by atoms with Gasteiger partial charge in [-0.25, -0.2) is 13.2 Å². The highest BCUT2D eigenvalue weighted by atomic mass is 32.2. The van der Waals surface area contributed by atoms with Gasteiger partial charge in [-0.05, 0) is 60.0 Å². The fourth-order valence-electron chi connectivity index (χ4n) is 4.22. The van der Waals surface area contributed by atoms with E-state index in [9.17, 15) is 18.0 Å². The van der Waals surface area contributed by atoms with Crippen LogP contribution in [0, 0.1) is 0 Å². The molecule has 8 nitrogen and oxygen atoms in total. The molecule has 1 amide bonds. The van der Waals surface area contributed by atoms with E-state index in [2.05, 4.69) is 5.32 Å². The standard InChI is InChI=1S/C27H30N2O6S/c1-29(36(32,33)25-16-11-20-7-5-6-8-21(20)17-25)23-12-14-24(15-13-23)34-19-27(31)35-18-26(30)28-22-9-3-2-4-10-22/h5-8,11-17,22H,2-4,9-10,18-19H2,1H3,(H,28,30). The van der Waals surface area contributed by atoms with Crippen LogP contribution < -0.4 is 14.4 Å². The van der Waals surface area contributed by atoms with E-state index in [0.29, 0.717) is 11.4 Å². The van der Waals surface area contributed by atoms with Gasteiger partial charge in [0.15, 0.2) is 13.2 Å². The number of carbonyl (C=O) groups excluding carboxylic acids is 2. The largest absolute Gasteiger partial charge is 0.482 e. The minimum absolute atomic E-state index is 0.155. The zero-order valence-electron chi connectivity index (χ0n) is 20.2. The molecule has 0 radical (unpaired) electrons. The van der Waals surface area contributed by atoms with Gasteiger partial charge in [-0.1, -0.05) is 49.6 Å². The molecular formula is C27H30N2O6S. The van der Waals surface area contributed by atoms with Crippen LogP contribution in [-0.2, 0) is 24.3 Å². The summed E-state index contributed by atoms with van der Waals surface area (Å²) in [7, 11) is -2.29. The van der Waals surface area contributed by atoms with Crippen molar-refractivity contribution >= 4 is 38.4 Å². The molecule has 0 spiro atoms. The Morgan fingerprint density at radius 3 is 2.33 bits per heavy atom. The third-order valence-corrected chi connectivity index (χ3v) is 8.05. The fraction of sp³-hybridized carbons (Fsp3) is 0.333. The van der Waals surface area contributed by atoms with E-state index in [1.54, 1.807) is 42.5 Å². The van der Waals surface area contributed by atoms with Crippen LogP contribution in [-0.4, -0.2) is 46.6 Å². The van der Waals surface area contributed by atoms with Gasteiger partial charge in [-0.2, -0.15) is 0 Å². The van der Waals surface area contributed by atoms with Crippen molar-refractivity contribution in [3.63, 3.8) is 0 Å². The lowest BCUT2D eigenvalue weighted by Gasteiger charge is -2.22. The Kier molecular flexibility index (Phi) is 8.10. The predicted molar refractivity (Wildman–Crippen MR) is 137 cm³/mol. The monoisotopic (exact) mass is 510 g/mol. The molecule has 4 rings (SSSR count). The Hall–Kier alpha value is -3.59. The summed E-state index contributed by atoms with van der Waals surface area (Å²) in [6, 6.07) is 19.1. The van der Waals surface area contributed by atoms with E-state index in [1.807, 2.05) is 24.3 Å². The Balaban J connectivity index is 1.28. The van der Waals surface area contributed by atoms with E-state index < -0.39 is 16.0 Å². The van der Waals surface area contributed by atoms with E-state index in [4.69, 9.17) is 9.47 Å². The molecule has 0 unspecified atom stereocenters. The first-order valence-corrected chi connectivity index (χ1v) is 13.4. The van der Waals surface area contributed by atoms with Crippen LogP contribution in [0.2, 0.25) is 0 Å². The second-order valence-corrected chi connectivity index (χ2v) is 10.8. The third kappa shape index (κ3) is 6.34. The number of anilines is 1. The van der Waals surface area contributed by atoms with E-state index in [1.165, 1.54) is 17.8 Å². The molecule has 3 aromatic carbocycles. The molecule has 1 fully saturated rings. The summed E-state index contributed by atoms with van der Waals surface area (Å²) >= 11 is 0. The average Bonchev–Trinajstić information content (AvgIpc) is 2.91. The number of sulfonamides is 1. The smallest absolute Gasteiger partial charge is 0.344 e. The van der Waals surface area contributed by atoms with E-state index in [-0.39, 0.29) is 30.1 Å². The number of ether oxygens (including phenoxy) is 2. The highest BCUT2D eigenvalue weighted by Crippen LogP contribution is 2.26. The first kappa shape index (κ1) is 25.5. The van der Waals surface area contributed by atoms with Crippen LogP contribution >= 0.6 is 0 Å². The molecule has 1 aliphatic carbocycles.